The lowest BCUT2D eigenvalue weighted by molar-refractivity contribution is -0.147. The zero-order chi connectivity index (χ0) is 13.3. The number of carboxylic acids is 1. The van der Waals surface area contributed by atoms with Crippen LogP contribution in [0.5, 0.6) is 0 Å². The highest BCUT2D eigenvalue weighted by Crippen LogP contribution is 2.46. The Morgan fingerprint density at radius 3 is 2.56 bits per heavy atom. The second-order valence-electron chi connectivity index (χ2n) is 4.57. The zero-order valence-electron chi connectivity index (χ0n) is 10.0. The topological polar surface area (TPSA) is 46.5 Å². The molecule has 18 heavy (non-hydrogen) atoms. The summed E-state index contributed by atoms with van der Waals surface area (Å²) in [5.41, 5.74) is -1.55. The van der Waals surface area contributed by atoms with Crippen molar-refractivity contribution in [3.63, 3.8) is 0 Å². The number of carboxylic acid groups (broad SMARTS) is 1. The molecule has 1 fully saturated rings. The first-order chi connectivity index (χ1) is 8.53. The second-order valence-corrected chi connectivity index (χ2v) is 4.57. The van der Waals surface area contributed by atoms with Crippen LogP contribution < -0.4 is 0 Å². The highest BCUT2D eigenvalue weighted by atomic mass is 19.1. The third kappa shape index (κ3) is 1.79. The van der Waals surface area contributed by atoms with Crippen molar-refractivity contribution in [3.8, 4) is 0 Å². The molecule has 1 aliphatic carbocycles. The number of ether oxygens (including phenoxy) is 1. The van der Waals surface area contributed by atoms with Gasteiger partial charge in [0.05, 0.1) is 12.0 Å². The highest BCUT2D eigenvalue weighted by Gasteiger charge is 2.49. The molecule has 1 aromatic rings. The number of methoxy groups -OCH3 is 1. The first-order valence-electron chi connectivity index (χ1n) is 5.72. The van der Waals surface area contributed by atoms with E-state index in [0.717, 1.165) is 6.07 Å². The maximum Gasteiger partial charge on any atom is 0.314 e. The highest BCUT2D eigenvalue weighted by molar-refractivity contribution is 5.82. The first-order valence-corrected chi connectivity index (χ1v) is 5.72. The van der Waals surface area contributed by atoms with Gasteiger partial charge in [-0.25, -0.2) is 8.78 Å². The van der Waals surface area contributed by atoms with E-state index in [4.69, 9.17) is 4.74 Å². The quantitative estimate of drug-likeness (QED) is 0.900. The van der Waals surface area contributed by atoms with E-state index in [1.807, 2.05) is 0 Å². The van der Waals surface area contributed by atoms with E-state index in [-0.39, 0.29) is 30.6 Å². The maximum atomic E-state index is 14.2. The van der Waals surface area contributed by atoms with Gasteiger partial charge in [-0.2, -0.15) is 0 Å². The third-order valence-electron chi connectivity index (χ3n) is 3.57. The number of carbonyl (C=O) groups is 1. The van der Waals surface area contributed by atoms with E-state index in [0.29, 0.717) is 6.42 Å². The van der Waals surface area contributed by atoms with Crippen LogP contribution in [0.4, 0.5) is 8.78 Å². The Labute approximate surface area is 103 Å². The van der Waals surface area contributed by atoms with Crippen molar-refractivity contribution in [3.05, 3.63) is 34.9 Å². The molecule has 0 amide bonds. The molecule has 0 atom stereocenters. The maximum absolute atomic E-state index is 14.2. The molecule has 1 aromatic carbocycles. The molecule has 0 bridgehead atoms. The van der Waals surface area contributed by atoms with Crippen LogP contribution in [0.15, 0.2) is 12.1 Å². The second kappa shape index (κ2) is 4.65. The average molecular weight is 256 g/mol. The smallest absolute Gasteiger partial charge is 0.314 e. The predicted molar refractivity (Wildman–Crippen MR) is 60.2 cm³/mol. The molecule has 1 saturated carbocycles. The summed E-state index contributed by atoms with van der Waals surface area (Å²) in [5, 5.41) is 9.24. The predicted octanol–water partition coefficient (Wildman–Crippen LogP) is 2.62. The standard InChI is InChI=1S/C13H14F2O3/c1-18-7-8-3-4-9(14)10(11(8)15)13(12(16)17)5-2-6-13/h3-4H,2,5-7H2,1H3,(H,16,17). The molecule has 2 rings (SSSR count). The number of halogens is 2. The van der Waals surface area contributed by atoms with Gasteiger partial charge in [-0.15, -0.1) is 0 Å². The molecule has 0 saturated heterocycles. The van der Waals surface area contributed by atoms with Gasteiger partial charge in [0.15, 0.2) is 0 Å². The van der Waals surface area contributed by atoms with E-state index < -0.39 is 23.0 Å². The lowest BCUT2D eigenvalue weighted by atomic mass is 9.64. The Kier molecular flexibility index (Phi) is 3.34. The van der Waals surface area contributed by atoms with Gasteiger partial charge in [0.2, 0.25) is 0 Å². The molecule has 0 aliphatic heterocycles. The molecule has 5 heteroatoms. The molecular weight excluding hydrogens is 242 g/mol. The minimum atomic E-state index is -1.40. The van der Waals surface area contributed by atoms with Crippen LogP contribution in [-0.4, -0.2) is 18.2 Å². The van der Waals surface area contributed by atoms with Crippen molar-refractivity contribution in [1.82, 2.24) is 0 Å². The summed E-state index contributed by atoms with van der Waals surface area (Å²) in [6.45, 7) is -0.00515. The van der Waals surface area contributed by atoms with E-state index in [9.17, 15) is 18.7 Å². The van der Waals surface area contributed by atoms with Gasteiger partial charge < -0.3 is 9.84 Å². The summed E-state index contributed by atoms with van der Waals surface area (Å²) >= 11 is 0. The van der Waals surface area contributed by atoms with Gasteiger partial charge >= 0.3 is 5.97 Å². The summed E-state index contributed by atoms with van der Waals surface area (Å²) < 4.78 is 32.8. The number of rotatable bonds is 4. The van der Waals surface area contributed by atoms with Crippen LogP contribution in [0.3, 0.4) is 0 Å². The molecule has 0 unspecified atom stereocenters. The van der Waals surface area contributed by atoms with Crippen molar-refractivity contribution < 1.29 is 23.4 Å². The Morgan fingerprint density at radius 2 is 2.11 bits per heavy atom. The molecule has 0 heterocycles. The largest absolute Gasteiger partial charge is 0.481 e. The van der Waals surface area contributed by atoms with E-state index >= 15 is 0 Å². The van der Waals surface area contributed by atoms with E-state index in [2.05, 4.69) is 0 Å². The van der Waals surface area contributed by atoms with Gasteiger partial charge in [0, 0.05) is 18.2 Å². The van der Waals surface area contributed by atoms with Crippen molar-refractivity contribution in [2.45, 2.75) is 31.3 Å². The van der Waals surface area contributed by atoms with Gasteiger partial charge in [0.1, 0.15) is 11.6 Å². The van der Waals surface area contributed by atoms with Crippen LogP contribution in [0.1, 0.15) is 30.4 Å². The minimum absolute atomic E-state index is 0.00515. The fourth-order valence-corrected chi connectivity index (χ4v) is 2.40. The van der Waals surface area contributed by atoms with Crippen LogP contribution in [0.25, 0.3) is 0 Å². The summed E-state index contributed by atoms with van der Waals surface area (Å²) in [5.74, 6) is -2.76. The van der Waals surface area contributed by atoms with Gasteiger partial charge in [0.25, 0.3) is 0 Å². The van der Waals surface area contributed by atoms with Crippen molar-refractivity contribution in [2.75, 3.05) is 7.11 Å². The fraction of sp³-hybridized carbons (Fsp3) is 0.462. The summed E-state index contributed by atoms with van der Waals surface area (Å²) in [6, 6.07) is 2.39. The zero-order valence-corrected chi connectivity index (χ0v) is 10.0. The average Bonchev–Trinajstić information content (AvgIpc) is 2.25. The van der Waals surface area contributed by atoms with Gasteiger partial charge in [-0.1, -0.05) is 12.5 Å². The van der Waals surface area contributed by atoms with E-state index in [1.165, 1.54) is 13.2 Å². The Balaban J connectivity index is 2.55. The Hall–Kier alpha value is -1.49. The summed E-state index contributed by atoms with van der Waals surface area (Å²) in [7, 11) is 1.40. The number of hydrogen-bond acceptors (Lipinski definition) is 2. The first kappa shape index (κ1) is 13.0. The van der Waals surface area contributed by atoms with Gasteiger partial charge in [-0.3, -0.25) is 4.79 Å². The van der Waals surface area contributed by atoms with Crippen LogP contribution in [0, 0.1) is 11.6 Å². The van der Waals surface area contributed by atoms with Crippen LogP contribution in [-0.2, 0) is 21.6 Å². The molecular formula is C13H14F2O3. The molecule has 1 aliphatic rings. The number of hydrogen-bond donors (Lipinski definition) is 1. The Morgan fingerprint density at radius 1 is 1.44 bits per heavy atom. The van der Waals surface area contributed by atoms with E-state index in [1.54, 1.807) is 0 Å². The summed E-state index contributed by atoms with van der Waals surface area (Å²) in [4.78, 5) is 11.3. The summed E-state index contributed by atoms with van der Waals surface area (Å²) in [6.07, 6.45) is 1.21. The number of aliphatic carboxylic acids is 1. The molecule has 3 nitrogen and oxygen atoms in total. The number of benzene rings is 1. The fourth-order valence-electron chi connectivity index (χ4n) is 2.40. The molecule has 0 spiro atoms. The lowest BCUT2D eigenvalue weighted by Gasteiger charge is -2.38. The van der Waals surface area contributed by atoms with Crippen molar-refractivity contribution >= 4 is 5.97 Å². The Bertz CT molecular complexity index is 481. The van der Waals surface area contributed by atoms with Gasteiger partial charge in [-0.05, 0) is 18.9 Å². The normalized spacial score (nSPS) is 17.3. The molecule has 1 N–H and O–H groups in total. The molecule has 0 aromatic heterocycles. The van der Waals surface area contributed by atoms with Crippen LogP contribution in [0.2, 0.25) is 0 Å². The lowest BCUT2D eigenvalue weighted by Crippen LogP contribution is -2.44. The molecule has 0 radical (unpaired) electrons. The minimum Gasteiger partial charge on any atom is -0.481 e. The monoisotopic (exact) mass is 256 g/mol. The van der Waals surface area contributed by atoms with Crippen LogP contribution >= 0.6 is 0 Å². The van der Waals surface area contributed by atoms with Crippen molar-refractivity contribution in [2.24, 2.45) is 0 Å². The third-order valence-corrected chi connectivity index (χ3v) is 3.57. The van der Waals surface area contributed by atoms with Crippen molar-refractivity contribution in [1.29, 1.82) is 0 Å². The molecule has 98 valence electrons. The SMILES string of the molecule is COCc1ccc(F)c(C2(C(=O)O)CCC2)c1F.